The standard InChI is InChI=1S/C14H13F6NO5.C13H11F6N3O6.C13H11F6NO6.C10H17NO4.C9H9F6NO4.C7H10O3.C5H11NO4.CH4/c1-5(2)8-6(4-7(22)25-3)9-11(24)26-12(13(15,16)17,14(18,19)20)21(9)10(8)23;1-5(23)8(21-20)9(25)22-6(3-4-7(24)27-2)10(26)28-11(22,12(14,15)16)13(17,18)19;1-4(21)7-5(3-6(22)25-2)8-10(24)26-11(12(14,15)16,13(17,18)19)20(8)9(7)23;1-5(2)7-4-11-9(10(14)15)6(7)3-8(12)13;1-19-5(17)3-2-4-6(18)20-7(16-4,8(10,11)12)9(13,14)15;1-5-4-6(8)10-7(2,3)9-5;6-3(5(9)10)1-2-4(7)8;/h6,8-9H,1,4H2,2-3H3;6H,3-4H2,1-2H3;5,7-8H,3H2,1-2H3;6-7,9-11,14-15H,1,3-4H2,2H3,(H,12,13);4,16H,2-3H2,1H3;4H,1-3H3;3,5,9-10H,1-2,6H2,(H,7,8);1H4. The summed E-state index contributed by atoms with van der Waals surface area (Å²) in [4.78, 5) is 183. The molecule has 0 aliphatic carbocycles. The second-order valence-corrected chi connectivity index (χ2v) is 29.8. The van der Waals surface area contributed by atoms with Gasteiger partial charge < -0.3 is 94.6 Å². The maximum Gasteiger partial charge on any atom is 0.458 e. The molecule has 40 nitrogen and oxygen atoms in total. The highest BCUT2D eigenvalue weighted by atomic mass is 19.4. The molecule has 0 radical (unpaired) electrons. The molecule has 12 unspecified atom stereocenters. The van der Waals surface area contributed by atoms with Crippen molar-refractivity contribution in [3.05, 3.63) is 41.7 Å². The van der Waals surface area contributed by atoms with Crippen molar-refractivity contribution in [1.82, 2.24) is 25.3 Å². The summed E-state index contributed by atoms with van der Waals surface area (Å²) in [5, 5.41) is 55.8. The SMILES string of the molecule is C.C=C(C)C1C(=O)N2C(C(=O)OC2(C(F)(F)F)C(F)(F)F)C1CC(=O)OC.C=C(C)C1CNC(C(O)O)C1CC(=O)O.CC1=CC(=O)OC(C)(C)O1.COC(=O)CC1C(C(C)=O)C(=O)N2C1C(=O)OC2(C(F)(F)F)C(F)(F)F.COC(=O)CCC1C(=O)OC(C(F)(F)F)(C(F)(F)F)N1C(=O)C(=[N+]=[N-])C(C)=O.COC(=O)CCC1NC(C(F)(F)F)(C(F)(F)F)OC1=O.NC(CCC(=O)O)C(O)O. The van der Waals surface area contributed by atoms with E-state index in [-0.39, 0.29) is 50.1 Å². The number of halogens is 24. The van der Waals surface area contributed by atoms with Crippen molar-refractivity contribution in [3.8, 4) is 0 Å². The van der Waals surface area contributed by atoms with Crippen molar-refractivity contribution in [2.45, 2.75) is 241 Å². The first kappa shape index (κ1) is 122. The van der Waals surface area contributed by atoms with E-state index in [1.165, 1.54) is 13.0 Å². The molecule has 0 spiro atoms. The van der Waals surface area contributed by atoms with E-state index in [1.807, 2.05) is 6.92 Å². The summed E-state index contributed by atoms with van der Waals surface area (Å²) in [6.45, 7) is 17.1. The number of nitrogens with two attached hydrogens (primary N) is 1. The van der Waals surface area contributed by atoms with Gasteiger partial charge in [0.05, 0.1) is 71.8 Å². The Bertz CT molecular complexity index is 4390. The first-order valence-electron chi connectivity index (χ1n) is 37.3. The van der Waals surface area contributed by atoms with Gasteiger partial charge in [0, 0.05) is 58.4 Å². The van der Waals surface area contributed by atoms with E-state index in [1.54, 1.807) is 20.8 Å². The number of carboxylic acids is 2. The third kappa shape index (κ3) is 26.8. The van der Waals surface area contributed by atoms with E-state index in [0.29, 0.717) is 19.2 Å². The average Bonchev–Trinajstić information content (AvgIpc) is 1.53. The van der Waals surface area contributed by atoms with Gasteiger partial charge >= 0.3 is 150 Å². The number of aliphatic hydroxyl groups excluding tert-OH is 2. The van der Waals surface area contributed by atoms with Crippen LogP contribution in [0.1, 0.15) is 114 Å². The van der Waals surface area contributed by atoms with Crippen molar-refractivity contribution in [3.63, 3.8) is 0 Å². The van der Waals surface area contributed by atoms with Gasteiger partial charge in [0.2, 0.25) is 23.4 Å². The van der Waals surface area contributed by atoms with E-state index < -0.39 is 299 Å². The number of ketones is 2. The fourth-order valence-electron chi connectivity index (χ4n) is 14.0. The Morgan fingerprint density at radius 2 is 0.919 bits per heavy atom. The van der Waals surface area contributed by atoms with Crippen LogP contribution in [0.2, 0.25) is 0 Å². The lowest BCUT2D eigenvalue weighted by atomic mass is 9.83. The third-order valence-electron chi connectivity index (χ3n) is 19.9. The molecule has 3 amide bonds. The number of Topliss-reactive ketones (excluding diaryl/α,β-unsaturated/α-hetero) is 2. The third-order valence-corrected chi connectivity index (χ3v) is 19.9. The number of carboxylic acid groups (broad SMARTS) is 2. The van der Waals surface area contributed by atoms with Crippen LogP contribution in [0.5, 0.6) is 0 Å². The summed E-state index contributed by atoms with van der Waals surface area (Å²) < 4.78 is 358. The van der Waals surface area contributed by atoms with Crippen molar-refractivity contribution >= 4 is 101 Å². The van der Waals surface area contributed by atoms with Gasteiger partial charge in [0.1, 0.15) is 41.6 Å². The number of hydrogen-bond acceptors (Lipinski definition) is 33. The smallest absolute Gasteiger partial charge is 0.458 e. The molecule has 10 N–H and O–H groups in total. The van der Waals surface area contributed by atoms with Crippen molar-refractivity contribution in [1.29, 1.82) is 0 Å². The van der Waals surface area contributed by atoms with Gasteiger partial charge in [-0.25, -0.2) is 19.2 Å². The summed E-state index contributed by atoms with van der Waals surface area (Å²) >= 11 is 0. The molecule has 64 heteroatoms. The second kappa shape index (κ2) is 45.6. The van der Waals surface area contributed by atoms with Crippen LogP contribution in [0.25, 0.3) is 5.53 Å². The predicted octanol–water partition coefficient (Wildman–Crippen LogP) is 4.83. The molecule has 8 heterocycles. The molecule has 0 bridgehead atoms. The Balaban J connectivity index is 0.000000814. The minimum atomic E-state index is -6.39. The van der Waals surface area contributed by atoms with Crippen LogP contribution in [0.4, 0.5) is 105 Å². The van der Waals surface area contributed by atoms with Crippen molar-refractivity contribution < 1.29 is 265 Å². The van der Waals surface area contributed by atoms with Crippen LogP contribution in [0, 0.1) is 35.5 Å². The van der Waals surface area contributed by atoms with Gasteiger partial charge in [-0.3, -0.25) is 77.6 Å². The lowest BCUT2D eigenvalue weighted by molar-refractivity contribution is -0.395. The predicted molar refractivity (Wildman–Crippen MR) is 386 cm³/mol. The molecular formula is C72H86F24N8O32. The van der Waals surface area contributed by atoms with E-state index in [2.05, 4.69) is 61.2 Å². The average molecular weight is 2030 g/mol. The number of carbonyl (C=O) groups is 16. The highest BCUT2D eigenvalue weighted by Gasteiger charge is 2.89. The minimum Gasteiger partial charge on any atom is -0.481 e. The summed E-state index contributed by atoms with van der Waals surface area (Å²) in [6, 6.07) is -10.6. The van der Waals surface area contributed by atoms with Crippen molar-refractivity contribution in [2.24, 2.45) is 41.2 Å². The number of ether oxygens (including phenoxy) is 10. The Morgan fingerprint density at radius 3 is 1.23 bits per heavy atom. The minimum absolute atomic E-state index is 0. The number of allylic oxidation sites excluding steroid dienone is 1. The number of aliphatic hydroxyl groups is 4. The Morgan fingerprint density at radius 1 is 0.529 bits per heavy atom. The van der Waals surface area contributed by atoms with Gasteiger partial charge in [-0.15, -0.1) is 0 Å². The van der Waals surface area contributed by atoms with E-state index >= 15 is 0 Å². The first-order valence-corrected chi connectivity index (χ1v) is 37.3. The molecule has 7 saturated heterocycles. The molecule has 0 saturated carbocycles. The second-order valence-electron chi connectivity index (χ2n) is 29.8. The zero-order valence-corrected chi connectivity index (χ0v) is 70.8. The summed E-state index contributed by atoms with van der Waals surface area (Å²) in [5.74, 6) is -30.1. The molecule has 8 rings (SSSR count). The fourth-order valence-corrected chi connectivity index (χ4v) is 14.0. The molecule has 136 heavy (non-hydrogen) atoms. The number of esters is 9. The molecule has 0 aromatic rings. The van der Waals surface area contributed by atoms with Crippen LogP contribution in [-0.2, 0) is 124 Å². The number of methoxy groups -OCH3 is 4. The Labute approximate surface area is 747 Å². The number of rotatable bonds is 22. The zero-order chi connectivity index (χ0) is 106. The number of nitrogens with zero attached hydrogens (tertiary/aromatic N) is 5. The monoisotopic (exact) mass is 2030 g/mol. The fraction of sp³-hybridized carbons (Fsp3) is 0.681. The number of cyclic esters (lactones) is 5. The zero-order valence-electron chi connectivity index (χ0n) is 70.8. The van der Waals surface area contributed by atoms with E-state index in [9.17, 15) is 182 Å². The van der Waals surface area contributed by atoms with Gasteiger partial charge in [-0.05, 0) is 58.8 Å². The highest BCUT2D eigenvalue weighted by molar-refractivity contribution is 6.63. The molecule has 8 aliphatic rings. The van der Waals surface area contributed by atoms with Gasteiger partial charge in [-0.2, -0.15) is 110 Å². The van der Waals surface area contributed by atoms with E-state index in [0.717, 1.165) is 46.3 Å². The molecule has 0 aromatic heterocycles. The maximum absolute atomic E-state index is 13.4. The Hall–Kier alpha value is -11.6. The number of aliphatic carboxylic acids is 2. The quantitative estimate of drug-likeness (QED) is 0.00806. The molecule has 8 aliphatic heterocycles. The summed E-state index contributed by atoms with van der Waals surface area (Å²) in [6.07, 6.45) is -56.0. The largest absolute Gasteiger partial charge is 0.481 e. The molecule has 0 aromatic carbocycles. The topological polar surface area (TPSA) is 583 Å². The van der Waals surface area contributed by atoms with Crippen LogP contribution in [-0.4, -0.2) is 313 Å². The van der Waals surface area contributed by atoms with E-state index in [4.69, 9.17) is 51.4 Å². The number of alkyl halides is 24. The van der Waals surface area contributed by atoms with Crippen LogP contribution < -0.4 is 16.4 Å². The van der Waals surface area contributed by atoms with Gasteiger partial charge in [0.15, 0.2) is 12.6 Å². The van der Waals surface area contributed by atoms with Gasteiger partial charge in [-0.1, -0.05) is 31.7 Å². The normalized spacial score (nSPS) is 24.0. The van der Waals surface area contributed by atoms with Crippen molar-refractivity contribution in [2.75, 3.05) is 35.0 Å². The van der Waals surface area contributed by atoms with Gasteiger partial charge in [0.25, 0.3) is 0 Å². The lowest BCUT2D eigenvalue weighted by Gasteiger charge is -2.38. The number of nitrogens with one attached hydrogen (secondary N) is 2. The van der Waals surface area contributed by atoms with Crippen LogP contribution in [0.3, 0.4) is 0 Å². The number of hydrogen-bond donors (Lipinski definition) is 9. The highest BCUT2D eigenvalue weighted by Crippen LogP contribution is 2.60. The van der Waals surface area contributed by atoms with Crippen LogP contribution >= 0.6 is 0 Å². The summed E-state index contributed by atoms with van der Waals surface area (Å²) in [7, 11) is 3.66. The molecular weight excluding hydrogens is 1940 g/mol. The molecule has 12 atom stereocenters. The van der Waals surface area contributed by atoms with Crippen LogP contribution in [0.15, 0.2) is 36.1 Å². The molecule has 7 fully saturated rings. The number of fused-ring (bicyclic) bond motifs is 2. The lowest BCUT2D eigenvalue weighted by Crippen LogP contribution is -2.69. The Kier molecular flexibility index (Phi) is 41.0. The number of amides is 3. The first-order chi connectivity index (χ1) is 61.0. The summed E-state index contributed by atoms with van der Waals surface area (Å²) in [5.41, 5.74) is -7.71. The maximum atomic E-state index is 13.4. The number of carbonyl (C=O) groups excluding carboxylic acids is 14. The molecule has 774 valence electrons.